The molecule has 1 unspecified atom stereocenters. The van der Waals surface area contributed by atoms with Gasteiger partial charge in [-0.15, -0.1) is 0 Å². The molecular formula is C15H21. The minimum Gasteiger partial charge on any atom is -0.0696 e. The van der Waals surface area contributed by atoms with Crippen LogP contribution < -0.4 is 0 Å². The second-order valence-corrected chi connectivity index (χ2v) is 4.16. The van der Waals surface area contributed by atoms with Gasteiger partial charge in [0, 0.05) is 0 Å². The molecular weight excluding hydrogens is 180 g/mol. The highest BCUT2D eigenvalue weighted by Crippen LogP contribution is 2.19. The fraction of sp³-hybridized carbons (Fsp3) is 0.400. The van der Waals surface area contributed by atoms with E-state index in [4.69, 9.17) is 0 Å². The van der Waals surface area contributed by atoms with Gasteiger partial charge < -0.3 is 0 Å². The molecule has 0 heteroatoms. The van der Waals surface area contributed by atoms with E-state index in [9.17, 15) is 0 Å². The number of allylic oxidation sites excluding steroid dienone is 1. The summed E-state index contributed by atoms with van der Waals surface area (Å²) in [5.74, 6) is 0.694. The third-order valence-corrected chi connectivity index (χ3v) is 2.73. The third-order valence-electron chi connectivity index (χ3n) is 2.73. The minimum atomic E-state index is 0.694. The average molecular weight is 201 g/mol. The quantitative estimate of drug-likeness (QED) is 0.646. The molecule has 1 rings (SSSR count). The van der Waals surface area contributed by atoms with Crippen LogP contribution >= 0.6 is 0 Å². The molecule has 1 radical (unpaired) electrons. The van der Waals surface area contributed by atoms with Crippen molar-refractivity contribution in [2.75, 3.05) is 0 Å². The van der Waals surface area contributed by atoms with Crippen molar-refractivity contribution < 1.29 is 0 Å². The Labute approximate surface area is 94.0 Å². The zero-order valence-corrected chi connectivity index (χ0v) is 9.87. The molecule has 0 aromatic heterocycles. The molecule has 0 fully saturated rings. The predicted octanol–water partition coefficient (Wildman–Crippen LogP) is 4.73. The van der Waals surface area contributed by atoms with Gasteiger partial charge in [0.1, 0.15) is 0 Å². The second-order valence-electron chi connectivity index (χ2n) is 4.16. The van der Waals surface area contributed by atoms with Gasteiger partial charge in [0.05, 0.1) is 0 Å². The Morgan fingerprint density at radius 2 is 2.00 bits per heavy atom. The Morgan fingerprint density at radius 1 is 1.33 bits per heavy atom. The van der Waals surface area contributed by atoms with E-state index in [1.54, 1.807) is 0 Å². The Kier molecular flexibility index (Phi) is 5.17. The lowest BCUT2D eigenvalue weighted by Crippen LogP contribution is -1.94. The molecule has 1 atom stereocenters. The largest absolute Gasteiger partial charge is 0.0696 e. The van der Waals surface area contributed by atoms with Gasteiger partial charge in [-0.3, -0.25) is 0 Å². The molecule has 0 saturated heterocycles. The second kappa shape index (κ2) is 6.44. The van der Waals surface area contributed by atoms with Gasteiger partial charge in [-0.1, -0.05) is 69.2 Å². The van der Waals surface area contributed by atoms with Crippen molar-refractivity contribution in [2.45, 2.75) is 33.1 Å². The van der Waals surface area contributed by atoms with Gasteiger partial charge in [-0.2, -0.15) is 0 Å². The zero-order chi connectivity index (χ0) is 11.1. The van der Waals surface area contributed by atoms with Crippen molar-refractivity contribution in [1.29, 1.82) is 0 Å². The topological polar surface area (TPSA) is 0 Å². The average Bonchev–Trinajstić information content (AvgIpc) is 2.29. The van der Waals surface area contributed by atoms with Crippen LogP contribution in [0.2, 0.25) is 0 Å². The number of hydrogen-bond acceptors (Lipinski definition) is 0. The molecule has 81 valence electrons. The summed E-state index contributed by atoms with van der Waals surface area (Å²) in [6.45, 7) is 8.44. The van der Waals surface area contributed by atoms with Crippen molar-refractivity contribution in [1.82, 2.24) is 0 Å². The maximum atomic E-state index is 3.95. The Balaban J connectivity index is 2.70. The van der Waals surface area contributed by atoms with E-state index in [0.29, 0.717) is 5.92 Å². The van der Waals surface area contributed by atoms with E-state index in [1.165, 1.54) is 17.6 Å². The van der Waals surface area contributed by atoms with Crippen LogP contribution in [0.5, 0.6) is 0 Å². The highest BCUT2D eigenvalue weighted by molar-refractivity contribution is 5.52. The lowest BCUT2D eigenvalue weighted by Gasteiger charge is -2.10. The first-order chi connectivity index (χ1) is 7.26. The lowest BCUT2D eigenvalue weighted by molar-refractivity contribution is 0.578. The number of benzene rings is 1. The number of hydrogen-bond donors (Lipinski definition) is 0. The Hall–Kier alpha value is -1.04. The van der Waals surface area contributed by atoms with Crippen LogP contribution in [-0.4, -0.2) is 0 Å². The SMILES string of the molecule is [CH2]CC(C)CC(=Cc1ccccc1)CC. The van der Waals surface area contributed by atoms with E-state index >= 15 is 0 Å². The van der Waals surface area contributed by atoms with Crippen molar-refractivity contribution in [3.05, 3.63) is 48.4 Å². The third kappa shape index (κ3) is 4.33. The van der Waals surface area contributed by atoms with E-state index in [2.05, 4.69) is 57.2 Å². The molecule has 0 nitrogen and oxygen atoms in total. The molecule has 0 aliphatic rings. The van der Waals surface area contributed by atoms with Crippen LogP contribution in [0.25, 0.3) is 6.08 Å². The van der Waals surface area contributed by atoms with Crippen molar-refractivity contribution in [2.24, 2.45) is 5.92 Å². The van der Waals surface area contributed by atoms with Crippen LogP contribution in [0.1, 0.15) is 38.7 Å². The maximum Gasteiger partial charge on any atom is -0.0257 e. The minimum absolute atomic E-state index is 0.694. The summed E-state index contributed by atoms with van der Waals surface area (Å²) in [4.78, 5) is 0. The summed E-state index contributed by atoms with van der Waals surface area (Å²) in [6.07, 6.45) is 5.65. The molecule has 15 heavy (non-hydrogen) atoms. The molecule has 0 spiro atoms. The maximum absolute atomic E-state index is 3.95. The molecule has 0 aliphatic carbocycles. The molecule has 0 aliphatic heterocycles. The summed E-state index contributed by atoms with van der Waals surface area (Å²) >= 11 is 0. The van der Waals surface area contributed by atoms with E-state index in [1.807, 2.05) is 0 Å². The first-order valence-electron chi connectivity index (χ1n) is 5.80. The van der Waals surface area contributed by atoms with Crippen molar-refractivity contribution in [3.8, 4) is 0 Å². The molecule has 1 aromatic carbocycles. The van der Waals surface area contributed by atoms with E-state index < -0.39 is 0 Å². The normalized spacial score (nSPS) is 13.9. The van der Waals surface area contributed by atoms with Crippen molar-refractivity contribution >= 4 is 6.08 Å². The van der Waals surface area contributed by atoms with Crippen LogP contribution in [0.4, 0.5) is 0 Å². The van der Waals surface area contributed by atoms with E-state index in [0.717, 1.165) is 12.8 Å². The Morgan fingerprint density at radius 3 is 2.53 bits per heavy atom. The van der Waals surface area contributed by atoms with Crippen LogP contribution in [-0.2, 0) is 0 Å². The molecule has 1 aromatic rings. The van der Waals surface area contributed by atoms with Crippen LogP contribution in [0.3, 0.4) is 0 Å². The molecule has 0 N–H and O–H groups in total. The summed E-state index contributed by atoms with van der Waals surface area (Å²) in [5.41, 5.74) is 2.84. The standard InChI is InChI=1S/C15H21/c1-4-13(3)11-14(5-2)12-15-9-7-6-8-10-15/h6-10,12-13H,1,4-5,11H2,2-3H3. The molecule has 0 heterocycles. The molecule has 0 saturated carbocycles. The van der Waals surface area contributed by atoms with E-state index in [-0.39, 0.29) is 0 Å². The fourth-order valence-corrected chi connectivity index (χ4v) is 1.64. The van der Waals surface area contributed by atoms with Gasteiger partial charge in [0.25, 0.3) is 0 Å². The number of rotatable bonds is 5. The Bertz CT molecular complexity index is 295. The van der Waals surface area contributed by atoms with Crippen molar-refractivity contribution in [3.63, 3.8) is 0 Å². The predicted molar refractivity (Wildman–Crippen MR) is 68.5 cm³/mol. The first kappa shape index (κ1) is 12.0. The lowest BCUT2D eigenvalue weighted by atomic mass is 9.96. The van der Waals surface area contributed by atoms with Gasteiger partial charge in [-0.05, 0) is 24.3 Å². The monoisotopic (exact) mass is 201 g/mol. The van der Waals surface area contributed by atoms with Gasteiger partial charge in [0.2, 0.25) is 0 Å². The van der Waals surface area contributed by atoms with Crippen LogP contribution in [0.15, 0.2) is 35.9 Å². The summed E-state index contributed by atoms with van der Waals surface area (Å²) in [6, 6.07) is 10.5. The highest BCUT2D eigenvalue weighted by atomic mass is 14.1. The van der Waals surface area contributed by atoms with Crippen LogP contribution in [0, 0.1) is 12.8 Å². The summed E-state index contributed by atoms with van der Waals surface area (Å²) < 4.78 is 0. The summed E-state index contributed by atoms with van der Waals surface area (Å²) in [7, 11) is 0. The smallest absolute Gasteiger partial charge is 0.0257 e. The summed E-state index contributed by atoms with van der Waals surface area (Å²) in [5, 5.41) is 0. The molecule has 0 amide bonds. The molecule has 0 bridgehead atoms. The van der Waals surface area contributed by atoms with Gasteiger partial charge in [-0.25, -0.2) is 0 Å². The fourth-order valence-electron chi connectivity index (χ4n) is 1.64. The van der Waals surface area contributed by atoms with Gasteiger partial charge in [0.15, 0.2) is 0 Å². The zero-order valence-electron chi connectivity index (χ0n) is 9.87. The van der Waals surface area contributed by atoms with Gasteiger partial charge >= 0.3 is 0 Å². The highest BCUT2D eigenvalue weighted by Gasteiger charge is 2.02. The first-order valence-corrected chi connectivity index (χ1v) is 5.80.